The lowest BCUT2D eigenvalue weighted by Crippen LogP contribution is -2.24. The van der Waals surface area contributed by atoms with Crippen molar-refractivity contribution in [2.75, 3.05) is 18.0 Å². The molecule has 1 aliphatic rings. The minimum Gasteiger partial charge on any atom is -0.392 e. The Morgan fingerprint density at radius 1 is 1.05 bits per heavy atom. The standard InChI is InChI=1S/C14H18F3NO/c15-14(16,17)13-9-12(6-5-11(13)10-19)18-7-3-1-2-4-8-18/h5-6,9,19H,1-4,7-8,10H2. The maximum Gasteiger partial charge on any atom is 0.416 e. The van der Waals surface area contributed by atoms with Gasteiger partial charge in [0.25, 0.3) is 0 Å². The zero-order valence-electron chi connectivity index (χ0n) is 10.7. The third kappa shape index (κ3) is 3.41. The fraction of sp³-hybridized carbons (Fsp3) is 0.571. The Bertz CT molecular complexity index is 423. The quantitative estimate of drug-likeness (QED) is 0.890. The molecule has 2 nitrogen and oxygen atoms in total. The second kappa shape index (κ2) is 5.82. The Kier molecular flexibility index (Phi) is 4.34. The van der Waals surface area contributed by atoms with Crippen LogP contribution in [-0.2, 0) is 12.8 Å². The van der Waals surface area contributed by atoms with Crippen LogP contribution < -0.4 is 4.90 Å². The highest BCUT2D eigenvalue weighted by atomic mass is 19.4. The molecule has 0 amide bonds. The van der Waals surface area contributed by atoms with Crippen LogP contribution in [0.5, 0.6) is 0 Å². The first-order valence-corrected chi connectivity index (χ1v) is 6.58. The smallest absolute Gasteiger partial charge is 0.392 e. The van der Waals surface area contributed by atoms with Crippen LogP contribution in [0.2, 0.25) is 0 Å². The van der Waals surface area contributed by atoms with Gasteiger partial charge < -0.3 is 10.0 Å². The first-order chi connectivity index (χ1) is 9.02. The normalized spacial score (nSPS) is 17.4. The van der Waals surface area contributed by atoms with Crippen LogP contribution in [0.3, 0.4) is 0 Å². The predicted molar refractivity (Wildman–Crippen MR) is 68.0 cm³/mol. The van der Waals surface area contributed by atoms with Gasteiger partial charge in [-0.3, -0.25) is 0 Å². The van der Waals surface area contributed by atoms with Crippen molar-refractivity contribution in [2.24, 2.45) is 0 Å². The van der Waals surface area contributed by atoms with Gasteiger partial charge in [-0.25, -0.2) is 0 Å². The Hall–Kier alpha value is -1.23. The monoisotopic (exact) mass is 273 g/mol. The molecule has 1 aromatic carbocycles. The lowest BCUT2D eigenvalue weighted by Gasteiger charge is -2.24. The zero-order chi connectivity index (χ0) is 13.9. The highest BCUT2D eigenvalue weighted by molar-refractivity contribution is 5.52. The maximum atomic E-state index is 12.9. The van der Waals surface area contributed by atoms with Crippen LogP contribution in [0.15, 0.2) is 18.2 Å². The molecule has 0 aliphatic carbocycles. The van der Waals surface area contributed by atoms with Gasteiger partial charge in [-0.05, 0) is 30.5 Å². The second-order valence-electron chi connectivity index (χ2n) is 4.90. The van der Waals surface area contributed by atoms with E-state index in [4.69, 9.17) is 5.11 Å². The van der Waals surface area contributed by atoms with Gasteiger partial charge in [0, 0.05) is 18.8 Å². The first kappa shape index (κ1) is 14.2. The summed E-state index contributed by atoms with van der Waals surface area (Å²) in [6, 6.07) is 4.21. The van der Waals surface area contributed by atoms with Gasteiger partial charge in [-0.2, -0.15) is 13.2 Å². The minimum atomic E-state index is -4.42. The Balaban J connectivity index is 2.31. The van der Waals surface area contributed by atoms with Gasteiger partial charge in [0.15, 0.2) is 0 Å². The molecular weight excluding hydrogens is 255 g/mol. The molecule has 0 aromatic heterocycles. The fourth-order valence-electron chi connectivity index (χ4n) is 2.49. The predicted octanol–water partition coefficient (Wildman–Crippen LogP) is 3.58. The summed E-state index contributed by atoms with van der Waals surface area (Å²) in [5, 5.41) is 9.01. The number of hydrogen-bond acceptors (Lipinski definition) is 2. The SMILES string of the molecule is OCc1ccc(N2CCCCCC2)cc1C(F)(F)F. The van der Waals surface area contributed by atoms with E-state index < -0.39 is 18.3 Å². The van der Waals surface area contributed by atoms with Crippen LogP contribution in [0.1, 0.15) is 36.8 Å². The van der Waals surface area contributed by atoms with Crippen molar-refractivity contribution in [3.63, 3.8) is 0 Å². The van der Waals surface area contributed by atoms with Crippen LogP contribution in [0.4, 0.5) is 18.9 Å². The van der Waals surface area contributed by atoms with Crippen molar-refractivity contribution < 1.29 is 18.3 Å². The number of rotatable bonds is 2. The van der Waals surface area contributed by atoms with E-state index in [0.717, 1.165) is 44.8 Å². The van der Waals surface area contributed by atoms with E-state index in [1.54, 1.807) is 6.07 Å². The van der Waals surface area contributed by atoms with Gasteiger partial charge in [0.2, 0.25) is 0 Å². The van der Waals surface area contributed by atoms with E-state index >= 15 is 0 Å². The molecule has 106 valence electrons. The van der Waals surface area contributed by atoms with Crippen LogP contribution in [-0.4, -0.2) is 18.2 Å². The van der Waals surface area contributed by atoms with Crippen molar-refractivity contribution in [3.8, 4) is 0 Å². The molecule has 1 heterocycles. The largest absolute Gasteiger partial charge is 0.416 e. The lowest BCUT2D eigenvalue weighted by molar-refractivity contribution is -0.138. The highest BCUT2D eigenvalue weighted by Gasteiger charge is 2.33. The molecule has 1 saturated heterocycles. The number of hydrogen-bond donors (Lipinski definition) is 1. The first-order valence-electron chi connectivity index (χ1n) is 6.58. The molecule has 19 heavy (non-hydrogen) atoms. The van der Waals surface area contributed by atoms with Crippen molar-refractivity contribution >= 4 is 5.69 Å². The van der Waals surface area contributed by atoms with Gasteiger partial charge in [0.1, 0.15) is 0 Å². The molecule has 0 spiro atoms. The number of halogens is 3. The second-order valence-corrected chi connectivity index (χ2v) is 4.90. The van der Waals surface area contributed by atoms with E-state index in [0.29, 0.717) is 5.69 Å². The molecule has 1 aromatic rings. The Morgan fingerprint density at radius 2 is 1.68 bits per heavy atom. The summed E-state index contributed by atoms with van der Waals surface area (Å²) in [5.74, 6) is 0. The summed E-state index contributed by atoms with van der Waals surface area (Å²) < 4.78 is 38.8. The third-order valence-electron chi connectivity index (χ3n) is 3.54. The molecule has 0 bridgehead atoms. The van der Waals surface area contributed by atoms with Crippen molar-refractivity contribution in [1.82, 2.24) is 0 Å². The van der Waals surface area contributed by atoms with Crippen LogP contribution in [0.25, 0.3) is 0 Å². The Morgan fingerprint density at radius 3 is 2.21 bits per heavy atom. The number of nitrogens with zero attached hydrogens (tertiary/aromatic N) is 1. The van der Waals surface area contributed by atoms with E-state index in [9.17, 15) is 13.2 Å². The summed E-state index contributed by atoms with van der Waals surface area (Å²) in [6.07, 6.45) is -0.110. The van der Waals surface area contributed by atoms with E-state index in [1.165, 1.54) is 6.07 Å². The summed E-state index contributed by atoms with van der Waals surface area (Å²) in [5.41, 5.74) is -0.186. The molecule has 1 aliphatic heterocycles. The summed E-state index contributed by atoms with van der Waals surface area (Å²) in [6.45, 7) is 1.01. The van der Waals surface area contributed by atoms with Crippen LogP contribution >= 0.6 is 0 Å². The Labute approximate surface area is 110 Å². The fourth-order valence-corrected chi connectivity index (χ4v) is 2.49. The summed E-state index contributed by atoms with van der Waals surface area (Å²) in [7, 11) is 0. The number of aliphatic hydroxyl groups is 1. The zero-order valence-corrected chi connectivity index (χ0v) is 10.7. The van der Waals surface area contributed by atoms with Crippen molar-refractivity contribution in [1.29, 1.82) is 0 Å². The average Bonchev–Trinajstić information content (AvgIpc) is 2.66. The van der Waals surface area contributed by atoms with E-state index in [1.807, 2.05) is 4.90 Å². The number of alkyl halides is 3. The molecule has 2 rings (SSSR count). The van der Waals surface area contributed by atoms with E-state index in [-0.39, 0.29) is 5.56 Å². The molecule has 0 radical (unpaired) electrons. The molecule has 0 saturated carbocycles. The molecule has 0 atom stereocenters. The maximum absolute atomic E-state index is 12.9. The number of aliphatic hydroxyl groups excluding tert-OH is 1. The van der Waals surface area contributed by atoms with Crippen LogP contribution in [0, 0.1) is 0 Å². The molecular formula is C14H18F3NO. The summed E-state index contributed by atoms with van der Waals surface area (Å²) in [4.78, 5) is 2.00. The molecule has 1 N–H and O–H groups in total. The van der Waals surface area contributed by atoms with E-state index in [2.05, 4.69) is 0 Å². The number of anilines is 1. The molecule has 1 fully saturated rings. The third-order valence-corrected chi connectivity index (χ3v) is 3.54. The number of benzene rings is 1. The minimum absolute atomic E-state index is 0.0638. The molecule has 5 heteroatoms. The van der Waals surface area contributed by atoms with Gasteiger partial charge in [0.05, 0.1) is 12.2 Å². The molecule has 0 unspecified atom stereocenters. The van der Waals surface area contributed by atoms with Gasteiger partial charge in [-0.15, -0.1) is 0 Å². The highest BCUT2D eigenvalue weighted by Crippen LogP contribution is 2.35. The van der Waals surface area contributed by atoms with Crippen molar-refractivity contribution in [2.45, 2.75) is 38.5 Å². The van der Waals surface area contributed by atoms with Gasteiger partial charge >= 0.3 is 6.18 Å². The average molecular weight is 273 g/mol. The van der Waals surface area contributed by atoms with Gasteiger partial charge in [-0.1, -0.05) is 18.9 Å². The summed E-state index contributed by atoms with van der Waals surface area (Å²) >= 11 is 0. The lowest BCUT2D eigenvalue weighted by atomic mass is 10.1. The van der Waals surface area contributed by atoms with Crippen molar-refractivity contribution in [3.05, 3.63) is 29.3 Å². The topological polar surface area (TPSA) is 23.5 Å².